The van der Waals surface area contributed by atoms with Crippen molar-refractivity contribution in [3.8, 4) is 22.9 Å². The van der Waals surface area contributed by atoms with Crippen molar-refractivity contribution in [2.45, 2.75) is 46.3 Å². The largest absolute Gasteiger partial charge is 0.416 e. The van der Waals surface area contributed by atoms with Crippen LogP contribution in [0.1, 0.15) is 38.7 Å². The number of fused-ring (bicyclic) bond motifs is 1. The molecule has 0 radical (unpaired) electrons. The fourth-order valence-corrected chi connectivity index (χ4v) is 4.45. The summed E-state index contributed by atoms with van der Waals surface area (Å²) in [4.78, 5) is 4.85. The number of hydrogen-bond acceptors (Lipinski definition) is 5. The molecule has 0 aliphatic heterocycles. The molecule has 0 saturated heterocycles. The molecule has 0 amide bonds. The van der Waals surface area contributed by atoms with Gasteiger partial charge in [0.1, 0.15) is 23.6 Å². The van der Waals surface area contributed by atoms with Gasteiger partial charge in [0.15, 0.2) is 0 Å². The van der Waals surface area contributed by atoms with Crippen LogP contribution in [0.5, 0.6) is 0 Å². The average molecular weight is 533 g/mol. The number of alkyl halides is 1. The number of aromatic nitrogens is 6. The van der Waals surface area contributed by atoms with Gasteiger partial charge in [0, 0.05) is 30.3 Å². The van der Waals surface area contributed by atoms with Crippen LogP contribution in [0.3, 0.4) is 0 Å². The SMILES string of the molecule is CC/C=C(F)\C(=C/C(C)F)n1nccc1Cc1nc2cc(-c3nnc(-c4ccc(F)cc4)o3)ccc2n1CC. The van der Waals surface area contributed by atoms with Gasteiger partial charge in [-0.2, -0.15) is 5.10 Å². The number of allylic oxidation sites excluding steroid dienone is 4. The van der Waals surface area contributed by atoms with E-state index in [0.29, 0.717) is 42.1 Å². The summed E-state index contributed by atoms with van der Waals surface area (Å²) in [6, 6.07) is 13.3. The van der Waals surface area contributed by atoms with Crippen LogP contribution >= 0.6 is 0 Å². The predicted molar refractivity (Wildman–Crippen MR) is 143 cm³/mol. The summed E-state index contributed by atoms with van der Waals surface area (Å²) in [5.41, 5.74) is 3.68. The third-order valence-electron chi connectivity index (χ3n) is 6.21. The number of benzene rings is 2. The van der Waals surface area contributed by atoms with E-state index in [4.69, 9.17) is 9.40 Å². The molecular weight excluding hydrogens is 505 g/mol. The highest BCUT2D eigenvalue weighted by molar-refractivity contribution is 5.81. The lowest BCUT2D eigenvalue weighted by molar-refractivity contribution is 0.429. The summed E-state index contributed by atoms with van der Waals surface area (Å²) in [6.07, 6.45) is 3.67. The third kappa shape index (κ3) is 5.41. The third-order valence-corrected chi connectivity index (χ3v) is 6.21. The molecule has 0 aliphatic rings. The molecule has 0 saturated carbocycles. The minimum Gasteiger partial charge on any atom is -0.416 e. The number of halogens is 3. The lowest BCUT2D eigenvalue weighted by Crippen LogP contribution is -2.10. The molecule has 5 aromatic rings. The normalized spacial score (nSPS) is 13.4. The molecule has 1 atom stereocenters. The summed E-state index contributed by atoms with van der Waals surface area (Å²) in [5, 5.41) is 12.5. The van der Waals surface area contributed by atoms with Crippen LogP contribution in [0.25, 0.3) is 39.6 Å². The van der Waals surface area contributed by atoms with Gasteiger partial charge in [-0.05, 0) is 81.0 Å². The molecule has 1 unspecified atom stereocenters. The van der Waals surface area contributed by atoms with Gasteiger partial charge in [-0.1, -0.05) is 6.92 Å². The van der Waals surface area contributed by atoms with Gasteiger partial charge in [-0.15, -0.1) is 10.2 Å². The molecule has 10 heteroatoms. The molecule has 2 aromatic carbocycles. The Morgan fingerprint density at radius 2 is 1.74 bits per heavy atom. The fraction of sp³-hybridized carbons (Fsp3) is 0.241. The highest BCUT2D eigenvalue weighted by Crippen LogP contribution is 2.29. The van der Waals surface area contributed by atoms with E-state index in [1.54, 1.807) is 24.4 Å². The van der Waals surface area contributed by atoms with Gasteiger partial charge in [0.25, 0.3) is 0 Å². The van der Waals surface area contributed by atoms with E-state index >= 15 is 0 Å². The number of hydrogen-bond donors (Lipinski definition) is 0. The summed E-state index contributed by atoms with van der Waals surface area (Å²) < 4.78 is 51.4. The van der Waals surface area contributed by atoms with Crippen molar-refractivity contribution >= 4 is 16.7 Å². The zero-order chi connectivity index (χ0) is 27.5. The van der Waals surface area contributed by atoms with E-state index in [-0.39, 0.29) is 17.4 Å². The molecule has 0 N–H and O–H groups in total. The van der Waals surface area contributed by atoms with Gasteiger partial charge in [0.05, 0.1) is 22.4 Å². The van der Waals surface area contributed by atoms with Gasteiger partial charge in [-0.3, -0.25) is 0 Å². The monoisotopic (exact) mass is 532 g/mol. The molecule has 0 spiro atoms. The maximum absolute atomic E-state index is 14.9. The van der Waals surface area contributed by atoms with E-state index in [9.17, 15) is 13.2 Å². The average Bonchev–Trinajstić information content (AvgIpc) is 3.66. The van der Waals surface area contributed by atoms with E-state index in [1.807, 2.05) is 32.0 Å². The fourth-order valence-electron chi connectivity index (χ4n) is 4.45. The quantitative estimate of drug-likeness (QED) is 0.188. The molecule has 39 heavy (non-hydrogen) atoms. The Morgan fingerprint density at radius 3 is 2.44 bits per heavy atom. The van der Waals surface area contributed by atoms with Crippen LogP contribution in [0, 0.1) is 5.82 Å². The Hall–Kier alpha value is -4.47. The first-order valence-electron chi connectivity index (χ1n) is 12.7. The molecule has 0 bridgehead atoms. The standard InChI is InChI=1S/C29H27F3N6O/c1-4-6-23(32)26(15-18(3)30)38-22(13-14-33-38)17-27-34-24-16-20(9-12-25(24)37(27)5-2)29-36-35-28(39-29)19-7-10-21(31)11-8-19/h6-16,18H,4-5,17H2,1-3H3/b23-6+,26-15+. The minimum absolute atomic E-state index is 0.0710. The molecule has 0 fully saturated rings. The molecule has 200 valence electrons. The Balaban J connectivity index is 1.48. The summed E-state index contributed by atoms with van der Waals surface area (Å²) in [7, 11) is 0. The van der Waals surface area contributed by atoms with Crippen molar-refractivity contribution in [3.63, 3.8) is 0 Å². The van der Waals surface area contributed by atoms with Crippen molar-refractivity contribution in [2.24, 2.45) is 0 Å². The second kappa shape index (κ2) is 11.1. The maximum atomic E-state index is 14.9. The van der Waals surface area contributed by atoms with Crippen molar-refractivity contribution in [1.82, 2.24) is 29.5 Å². The predicted octanol–water partition coefficient (Wildman–Crippen LogP) is 7.16. The zero-order valence-corrected chi connectivity index (χ0v) is 21.8. The Bertz CT molecular complexity index is 1660. The second-order valence-electron chi connectivity index (χ2n) is 9.00. The van der Waals surface area contributed by atoms with Crippen LogP contribution in [0.15, 0.2) is 77.1 Å². The molecule has 7 nitrogen and oxygen atoms in total. The summed E-state index contributed by atoms with van der Waals surface area (Å²) in [5.74, 6) is 0.474. The highest BCUT2D eigenvalue weighted by Gasteiger charge is 2.18. The lowest BCUT2D eigenvalue weighted by Gasteiger charge is -2.12. The van der Waals surface area contributed by atoms with Gasteiger partial charge < -0.3 is 8.98 Å². The minimum atomic E-state index is -1.35. The number of rotatable bonds is 9. The van der Waals surface area contributed by atoms with Crippen LogP contribution in [-0.4, -0.2) is 35.7 Å². The molecule has 5 rings (SSSR count). The molecular formula is C29H27F3N6O. The molecule has 0 aliphatic carbocycles. The first-order valence-corrected chi connectivity index (χ1v) is 12.7. The van der Waals surface area contributed by atoms with Crippen molar-refractivity contribution in [2.75, 3.05) is 0 Å². The number of imidazole rings is 1. The lowest BCUT2D eigenvalue weighted by atomic mass is 10.2. The van der Waals surface area contributed by atoms with E-state index in [0.717, 1.165) is 16.9 Å². The van der Waals surface area contributed by atoms with E-state index in [2.05, 4.69) is 19.9 Å². The first kappa shape index (κ1) is 26.1. The topological polar surface area (TPSA) is 74.6 Å². The first-order chi connectivity index (χ1) is 18.9. The Morgan fingerprint density at radius 1 is 1.03 bits per heavy atom. The smallest absolute Gasteiger partial charge is 0.248 e. The van der Waals surface area contributed by atoms with Crippen LogP contribution in [-0.2, 0) is 13.0 Å². The molecule has 3 aromatic heterocycles. The highest BCUT2D eigenvalue weighted by atomic mass is 19.1. The van der Waals surface area contributed by atoms with Crippen LogP contribution < -0.4 is 0 Å². The van der Waals surface area contributed by atoms with E-state index < -0.39 is 12.0 Å². The van der Waals surface area contributed by atoms with Crippen LogP contribution in [0.4, 0.5) is 13.2 Å². The van der Waals surface area contributed by atoms with Gasteiger partial charge in [-0.25, -0.2) is 22.8 Å². The number of nitrogens with zero attached hydrogens (tertiary/aromatic N) is 6. The van der Waals surface area contributed by atoms with Crippen LogP contribution in [0.2, 0.25) is 0 Å². The van der Waals surface area contributed by atoms with Crippen molar-refractivity contribution < 1.29 is 17.6 Å². The van der Waals surface area contributed by atoms with E-state index in [1.165, 1.54) is 35.9 Å². The molecule has 3 heterocycles. The van der Waals surface area contributed by atoms with Gasteiger partial charge >= 0.3 is 0 Å². The summed E-state index contributed by atoms with van der Waals surface area (Å²) >= 11 is 0. The number of aryl methyl sites for hydroxylation is 1. The second-order valence-corrected chi connectivity index (χ2v) is 9.00. The van der Waals surface area contributed by atoms with Crippen molar-refractivity contribution in [1.29, 1.82) is 0 Å². The van der Waals surface area contributed by atoms with Gasteiger partial charge in [0.2, 0.25) is 11.8 Å². The Kier molecular flexibility index (Phi) is 7.44. The maximum Gasteiger partial charge on any atom is 0.248 e. The zero-order valence-electron chi connectivity index (χ0n) is 21.8. The Labute approximate surface area is 223 Å². The summed E-state index contributed by atoms with van der Waals surface area (Å²) in [6.45, 7) is 5.84. The van der Waals surface area contributed by atoms with Crippen molar-refractivity contribution in [3.05, 3.63) is 90.0 Å².